The zero-order chi connectivity index (χ0) is 43.7. The van der Waals surface area contributed by atoms with E-state index >= 15 is 0 Å². The molecule has 3 saturated heterocycles. The number of phenolic OH excluding ortho intramolecular Hbond substituents is 1. The first-order chi connectivity index (χ1) is 29.7. The van der Waals surface area contributed by atoms with Crippen LogP contribution in [0.5, 0.6) is 5.75 Å². The van der Waals surface area contributed by atoms with Gasteiger partial charge in [0.1, 0.15) is 17.6 Å². The van der Waals surface area contributed by atoms with Gasteiger partial charge in [0.2, 0.25) is 11.8 Å². The number of ketones is 1. The Kier molecular flexibility index (Phi) is 13.0. The number of β-amino-alcohol motifs (C(OH)–C–C–N with tert-alkyl or cyclic N) is 1. The fourth-order valence-corrected chi connectivity index (χ4v) is 10.6. The predicted octanol–water partition coefficient (Wildman–Crippen LogP) is 5.37. The Morgan fingerprint density at radius 3 is 2.45 bits per heavy atom. The number of carbonyl (C=O) groups excluding carboxylic acids is 3. The summed E-state index contributed by atoms with van der Waals surface area (Å²) < 4.78 is 0. The molecule has 0 aliphatic carbocycles. The van der Waals surface area contributed by atoms with Crippen LogP contribution >= 0.6 is 11.3 Å². The standard InChI is InChI=1S/C47H61N9O5S/c1-29(32-10-12-33(13-11-32)43-30(2)49-28-62-43)50-45(60)41-21-36(58)27-56(41)46(61)38(47(3,4)5)20-35(57)26-53-16-14-31(15-17-53)24-54-18-19-55-34(25-54)23-48-44-40(55)22-39(51-52-44)37-8-6-7-9-42(37)59/h6-13,22,28-29,31,34,36,38,41,58-59H,14-21,23-27H2,1-5H3,(H,48,52)(H,50,60)/t29-,34?,36+,38+,41-/m0/s1. The lowest BCUT2D eigenvalue weighted by molar-refractivity contribution is -0.146. The molecule has 1 unspecified atom stereocenters. The quantitative estimate of drug-likeness (QED) is 0.144. The van der Waals surface area contributed by atoms with Crippen molar-refractivity contribution in [2.24, 2.45) is 17.3 Å². The van der Waals surface area contributed by atoms with Crippen molar-refractivity contribution >= 4 is 40.4 Å². The number of hydrogen-bond acceptors (Lipinski definition) is 13. The van der Waals surface area contributed by atoms with Gasteiger partial charge in [-0.3, -0.25) is 24.2 Å². The number of thiazole rings is 1. The van der Waals surface area contributed by atoms with Crippen molar-refractivity contribution < 1.29 is 24.6 Å². The number of benzene rings is 2. The molecule has 0 radical (unpaired) electrons. The van der Waals surface area contributed by atoms with Crippen LogP contribution in [0.15, 0.2) is 60.1 Å². The molecule has 6 heterocycles. The molecule has 14 nitrogen and oxygen atoms in total. The maximum atomic E-state index is 14.3. The van der Waals surface area contributed by atoms with E-state index in [1.54, 1.807) is 23.5 Å². The van der Waals surface area contributed by atoms with Gasteiger partial charge < -0.3 is 30.6 Å². The zero-order valence-corrected chi connectivity index (χ0v) is 37.4. The predicted molar refractivity (Wildman–Crippen MR) is 242 cm³/mol. The molecule has 330 valence electrons. The molecule has 4 aliphatic rings. The summed E-state index contributed by atoms with van der Waals surface area (Å²) in [6, 6.07) is 16.5. The first kappa shape index (κ1) is 43.7. The number of nitrogens with zero attached hydrogens (tertiary/aromatic N) is 7. The fourth-order valence-electron chi connectivity index (χ4n) is 9.74. The number of phenols is 1. The normalized spacial score (nSPS) is 22.1. The average molecular weight is 864 g/mol. The molecule has 15 heteroatoms. The number of likely N-dealkylation sites (tertiary alicyclic amines) is 2. The number of carbonyl (C=O) groups is 3. The van der Waals surface area contributed by atoms with Gasteiger partial charge in [-0.25, -0.2) is 4.98 Å². The second kappa shape index (κ2) is 18.4. The minimum absolute atomic E-state index is 0.0274. The highest BCUT2D eigenvalue weighted by Crippen LogP contribution is 2.37. The van der Waals surface area contributed by atoms with Crippen LogP contribution in [0.1, 0.15) is 70.7 Å². The van der Waals surface area contributed by atoms with Gasteiger partial charge in [-0.15, -0.1) is 21.5 Å². The van der Waals surface area contributed by atoms with Crippen LogP contribution in [0.25, 0.3) is 21.7 Å². The summed E-state index contributed by atoms with van der Waals surface area (Å²) >= 11 is 1.59. The summed E-state index contributed by atoms with van der Waals surface area (Å²) in [7, 11) is 0. The third kappa shape index (κ3) is 9.65. The summed E-state index contributed by atoms with van der Waals surface area (Å²) in [5, 5.41) is 36.6. The van der Waals surface area contributed by atoms with Crippen LogP contribution in [0.4, 0.5) is 11.5 Å². The maximum absolute atomic E-state index is 14.3. The lowest BCUT2D eigenvalue weighted by Crippen LogP contribution is -2.58. The molecule has 3 fully saturated rings. The van der Waals surface area contributed by atoms with Crippen molar-refractivity contribution in [2.75, 3.05) is 69.1 Å². The fraction of sp³-hybridized carbons (Fsp3) is 0.532. The number of piperidine rings is 1. The Morgan fingerprint density at radius 1 is 0.984 bits per heavy atom. The van der Waals surface area contributed by atoms with Crippen LogP contribution in [0.3, 0.4) is 0 Å². The highest BCUT2D eigenvalue weighted by atomic mass is 32.1. The monoisotopic (exact) mass is 863 g/mol. The van der Waals surface area contributed by atoms with E-state index in [9.17, 15) is 24.6 Å². The van der Waals surface area contributed by atoms with E-state index in [0.29, 0.717) is 29.8 Å². The SMILES string of the molecule is Cc1ncsc1-c1ccc([C@H](C)NC(=O)[C@@H]2C[C@@H](O)CN2C(=O)[C@@H](CC(=O)CN2CCC(CN3CCN4c5cc(-c6ccccc6O)nnc5NCC4C3)CC2)C(C)(C)C)cc1. The Hall–Kier alpha value is -4.96. The van der Waals surface area contributed by atoms with E-state index < -0.39 is 23.5 Å². The van der Waals surface area contributed by atoms with Gasteiger partial charge >= 0.3 is 0 Å². The van der Waals surface area contributed by atoms with E-state index in [-0.39, 0.29) is 48.8 Å². The summed E-state index contributed by atoms with van der Waals surface area (Å²) in [6.07, 6.45) is 1.46. The number of aromatic nitrogens is 3. The number of hydrogen-bond donors (Lipinski definition) is 4. The Morgan fingerprint density at radius 2 is 1.74 bits per heavy atom. The minimum Gasteiger partial charge on any atom is -0.507 e. The number of piperazine rings is 1. The van der Waals surface area contributed by atoms with E-state index in [1.807, 2.05) is 82.6 Å². The summed E-state index contributed by atoms with van der Waals surface area (Å²) in [6.45, 7) is 16.5. The Labute approximate surface area is 368 Å². The number of aryl methyl sites for hydroxylation is 1. The molecular weight excluding hydrogens is 803 g/mol. The van der Waals surface area contributed by atoms with Gasteiger partial charge in [0.05, 0.1) is 52.2 Å². The van der Waals surface area contributed by atoms with Crippen LogP contribution in [0, 0.1) is 24.2 Å². The molecule has 62 heavy (non-hydrogen) atoms. The number of rotatable bonds is 12. The smallest absolute Gasteiger partial charge is 0.243 e. The highest BCUT2D eigenvalue weighted by Gasteiger charge is 2.45. The summed E-state index contributed by atoms with van der Waals surface area (Å²) in [5.74, 6) is 0.356. The van der Waals surface area contributed by atoms with Gasteiger partial charge in [0.15, 0.2) is 5.82 Å². The number of para-hydroxylation sites is 1. The van der Waals surface area contributed by atoms with Crippen LogP contribution in [-0.2, 0) is 14.4 Å². The molecule has 8 rings (SSSR count). The van der Waals surface area contributed by atoms with Gasteiger partial charge in [-0.05, 0) is 80.4 Å². The largest absolute Gasteiger partial charge is 0.507 e. The molecule has 4 aliphatic heterocycles. The van der Waals surface area contributed by atoms with E-state index in [2.05, 4.69) is 40.5 Å². The Balaban J connectivity index is 0.812. The Bertz CT molecular complexity index is 2240. The van der Waals surface area contributed by atoms with Gasteiger partial charge in [0.25, 0.3) is 0 Å². The highest BCUT2D eigenvalue weighted by molar-refractivity contribution is 7.13. The molecule has 4 N–H and O–H groups in total. The lowest BCUT2D eigenvalue weighted by atomic mass is 9.76. The molecule has 2 aromatic heterocycles. The van der Waals surface area contributed by atoms with E-state index in [4.69, 9.17) is 0 Å². The average Bonchev–Trinajstić information content (AvgIpc) is 3.87. The molecule has 4 aromatic rings. The first-order valence-electron chi connectivity index (χ1n) is 22.1. The second-order valence-electron chi connectivity index (χ2n) is 18.9. The molecule has 0 bridgehead atoms. The third-order valence-corrected chi connectivity index (χ3v) is 14.4. The number of fused-ring (bicyclic) bond motifs is 3. The van der Waals surface area contributed by atoms with Crippen molar-refractivity contribution in [3.05, 3.63) is 71.4 Å². The van der Waals surface area contributed by atoms with Crippen molar-refractivity contribution in [1.82, 2.24) is 35.2 Å². The van der Waals surface area contributed by atoms with E-state index in [1.165, 1.54) is 4.90 Å². The van der Waals surface area contributed by atoms with Crippen molar-refractivity contribution in [2.45, 2.75) is 84.5 Å². The van der Waals surface area contributed by atoms with Gasteiger partial charge in [-0.2, -0.15) is 0 Å². The molecule has 0 saturated carbocycles. The summed E-state index contributed by atoms with van der Waals surface area (Å²) in [5.41, 5.74) is 6.65. The third-order valence-electron chi connectivity index (χ3n) is 13.4. The van der Waals surface area contributed by atoms with Gasteiger partial charge in [-0.1, -0.05) is 57.2 Å². The first-order valence-corrected chi connectivity index (χ1v) is 23.0. The van der Waals surface area contributed by atoms with Crippen molar-refractivity contribution in [3.63, 3.8) is 0 Å². The second-order valence-corrected chi connectivity index (χ2v) is 19.7. The van der Waals surface area contributed by atoms with Crippen molar-refractivity contribution in [3.8, 4) is 27.4 Å². The van der Waals surface area contributed by atoms with Crippen LogP contribution in [-0.4, -0.2) is 135 Å². The topological polar surface area (TPSA) is 167 Å². The number of nitrogens with one attached hydrogen (secondary N) is 2. The number of anilines is 2. The molecule has 5 atom stereocenters. The number of aliphatic hydroxyl groups excluding tert-OH is 1. The van der Waals surface area contributed by atoms with Crippen LogP contribution in [0.2, 0.25) is 0 Å². The number of aromatic hydroxyl groups is 1. The van der Waals surface area contributed by atoms with Crippen LogP contribution < -0.4 is 15.5 Å². The molecule has 2 aromatic carbocycles. The van der Waals surface area contributed by atoms with E-state index in [0.717, 1.165) is 91.9 Å². The number of amides is 2. The lowest BCUT2D eigenvalue weighted by Gasteiger charge is -2.47. The zero-order valence-electron chi connectivity index (χ0n) is 36.6. The van der Waals surface area contributed by atoms with Crippen molar-refractivity contribution in [1.29, 1.82) is 0 Å². The molecule has 0 spiro atoms. The maximum Gasteiger partial charge on any atom is 0.243 e. The number of Topliss-reactive ketones (excluding diaryl/α,β-unsaturated/α-hetero) is 1. The molecule has 2 amide bonds. The van der Waals surface area contributed by atoms with Gasteiger partial charge in [0, 0.05) is 63.6 Å². The minimum atomic E-state index is -0.816. The molecular formula is C47H61N9O5S. The summed E-state index contributed by atoms with van der Waals surface area (Å²) in [4.78, 5) is 56.0. The number of aliphatic hydroxyl groups is 1.